The van der Waals surface area contributed by atoms with E-state index in [0.717, 1.165) is 4.48 Å². The monoisotopic (exact) mass is 261 g/mol. The van der Waals surface area contributed by atoms with Gasteiger partial charge >= 0.3 is 0 Å². The molecule has 0 aliphatic heterocycles. The highest BCUT2D eigenvalue weighted by molar-refractivity contribution is 5.63. The molecule has 0 saturated heterocycles. The van der Waals surface area contributed by atoms with Gasteiger partial charge in [-0.2, -0.15) is 0 Å². The Morgan fingerprint density at radius 3 is 1.33 bits per heavy atom. The van der Waals surface area contributed by atoms with E-state index in [1.807, 2.05) is 0 Å². The molecule has 2 heteroatoms. The summed E-state index contributed by atoms with van der Waals surface area (Å²) in [5.41, 5.74) is 5.37. The van der Waals surface area contributed by atoms with Crippen molar-refractivity contribution in [3.8, 4) is 0 Å². The molecule has 96 valence electrons. The van der Waals surface area contributed by atoms with E-state index in [1.54, 1.807) is 0 Å². The van der Waals surface area contributed by atoms with Gasteiger partial charge in [0.1, 0.15) is 11.4 Å². The summed E-state index contributed by atoms with van der Waals surface area (Å²) in [5, 5.41) is 0. The van der Waals surface area contributed by atoms with Crippen LogP contribution in [0.15, 0.2) is 48.5 Å². The molecule has 0 bridgehead atoms. The van der Waals surface area contributed by atoms with Crippen molar-refractivity contribution in [1.29, 1.82) is 0 Å². The van der Waals surface area contributed by atoms with Crippen LogP contribution >= 0.6 is 0 Å². The van der Waals surface area contributed by atoms with E-state index in [9.17, 15) is 0 Å². The first-order valence-corrected chi connectivity index (χ1v) is 6.00. The highest BCUT2D eigenvalue weighted by Gasteiger charge is 2.25. The van der Waals surface area contributed by atoms with Crippen LogP contribution in [-0.4, -0.2) is 14.1 Å². The maximum absolute atomic E-state index is 2.24. The van der Waals surface area contributed by atoms with Gasteiger partial charge in [0.15, 0.2) is 0 Å². The number of quaternary nitrogens is 1. The van der Waals surface area contributed by atoms with Crippen molar-refractivity contribution >= 4 is 11.4 Å². The molecular weight excluding hydrogens is 242 g/mol. The number of halogens is 1. The number of aryl methyl sites for hydroxylation is 2. The quantitative estimate of drug-likeness (QED) is 0.713. The van der Waals surface area contributed by atoms with E-state index in [2.05, 4.69) is 76.5 Å². The van der Waals surface area contributed by atoms with E-state index in [0.29, 0.717) is 0 Å². The van der Waals surface area contributed by atoms with Crippen LogP contribution in [0.5, 0.6) is 0 Å². The summed E-state index contributed by atoms with van der Waals surface area (Å²) in [6.45, 7) is 4.35. The summed E-state index contributed by atoms with van der Waals surface area (Å²) in [6.07, 6.45) is 0. The standard InChI is InChI=1S/C16H20N.ClH/c1-13-9-5-7-11-15(13)17(3,4)16-12-8-6-10-14(16)2;/h5-12H,1-4H3;1H/q+1;/p-1. The molecule has 18 heavy (non-hydrogen) atoms. The first-order chi connectivity index (χ1) is 8.03. The van der Waals surface area contributed by atoms with E-state index in [4.69, 9.17) is 0 Å². The maximum atomic E-state index is 2.24. The summed E-state index contributed by atoms with van der Waals surface area (Å²) in [7, 11) is 4.48. The Morgan fingerprint density at radius 1 is 0.667 bits per heavy atom. The van der Waals surface area contributed by atoms with Crippen LogP contribution < -0.4 is 16.9 Å². The largest absolute Gasteiger partial charge is 1.00 e. The summed E-state index contributed by atoms with van der Waals surface area (Å²) >= 11 is 0. The van der Waals surface area contributed by atoms with Crippen LogP contribution in [0.25, 0.3) is 0 Å². The number of hydrogen-bond donors (Lipinski definition) is 0. The highest BCUT2D eigenvalue weighted by atomic mass is 35.5. The summed E-state index contributed by atoms with van der Waals surface area (Å²) < 4.78 is 0.791. The Bertz CT molecular complexity index is 485. The third-order valence-electron chi connectivity index (χ3n) is 3.44. The Morgan fingerprint density at radius 2 is 1.00 bits per heavy atom. The second-order valence-electron chi connectivity index (χ2n) is 5.03. The van der Waals surface area contributed by atoms with Gasteiger partial charge in [0.25, 0.3) is 0 Å². The molecule has 1 nitrogen and oxygen atoms in total. The molecule has 0 spiro atoms. The Kier molecular flexibility index (Phi) is 4.55. The maximum Gasteiger partial charge on any atom is 0.140 e. The van der Waals surface area contributed by atoms with E-state index >= 15 is 0 Å². The molecule has 2 aromatic carbocycles. The Labute approximate surface area is 116 Å². The van der Waals surface area contributed by atoms with Gasteiger partial charge in [-0.3, -0.25) is 4.48 Å². The van der Waals surface area contributed by atoms with Crippen LogP contribution in [0.4, 0.5) is 11.4 Å². The first kappa shape index (κ1) is 14.7. The van der Waals surface area contributed by atoms with Crippen molar-refractivity contribution in [3.63, 3.8) is 0 Å². The first-order valence-electron chi connectivity index (χ1n) is 6.00. The summed E-state index contributed by atoms with van der Waals surface area (Å²) in [5.74, 6) is 0. The fraction of sp³-hybridized carbons (Fsp3) is 0.250. The fourth-order valence-electron chi connectivity index (χ4n) is 2.51. The molecule has 0 aliphatic carbocycles. The van der Waals surface area contributed by atoms with Crippen LogP contribution in [0.2, 0.25) is 0 Å². The SMILES string of the molecule is Cc1ccccc1[N+](C)(C)c1ccccc1C.[Cl-]. The second-order valence-corrected chi connectivity index (χ2v) is 5.03. The van der Waals surface area contributed by atoms with Crippen molar-refractivity contribution in [3.05, 3.63) is 59.7 Å². The molecule has 0 radical (unpaired) electrons. The number of rotatable bonds is 2. The third kappa shape index (κ3) is 2.58. The van der Waals surface area contributed by atoms with Gasteiger partial charge in [-0.15, -0.1) is 0 Å². The second kappa shape index (κ2) is 5.55. The average molecular weight is 262 g/mol. The van der Waals surface area contributed by atoms with Gasteiger partial charge in [-0.05, 0) is 26.0 Å². The molecular formula is C16H20ClN. The number of para-hydroxylation sites is 2. The van der Waals surface area contributed by atoms with Crippen molar-refractivity contribution in [2.75, 3.05) is 14.1 Å². The summed E-state index contributed by atoms with van der Waals surface area (Å²) in [6, 6.07) is 17.2. The number of hydrogen-bond acceptors (Lipinski definition) is 0. The molecule has 0 atom stereocenters. The van der Waals surface area contributed by atoms with Gasteiger partial charge in [0.2, 0.25) is 0 Å². The predicted octanol–water partition coefficient (Wildman–Crippen LogP) is 1.21. The minimum absolute atomic E-state index is 0. The summed E-state index contributed by atoms with van der Waals surface area (Å²) in [4.78, 5) is 0. The molecule has 2 rings (SSSR count). The lowest BCUT2D eigenvalue weighted by molar-refractivity contribution is -0.00000367. The molecule has 2 aromatic rings. The smallest absolute Gasteiger partial charge is 0.140 e. The lowest BCUT2D eigenvalue weighted by atomic mass is 10.1. The van der Waals surface area contributed by atoms with Crippen LogP contribution in [0, 0.1) is 13.8 Å². The molecule has 0 aromatic heterocycles. The van der Waals surface area contributed by atoms with Crippen molar-refractivity contribution in [1.82, 2.24) is 4.48 Å². The van der Waals surface area contributed by atoms with Crippen molar-refractivity contribution in [2.45, 2.75) is 13.8 Å². The number of benzene rings is 2. The molecule has 0 unspecified atom stereocenters. The molecule has 0 aliphatic rings. The van der Waals surface area contributed by atoms with Crippen LogP contribution in [0.3, 0.4) is 0 Å². The zero-order valence-electron chi connectivity index (χ0n) is 11.4. The third-order valence-corrected chi connectivity index (χ3v) is 3.44. The van der Waals surface area contributed by atoms with Crippen LogP contribution in [-0.2, 0) is 0 Å². The van der Waals surface area contributed by atoms with Gasteiger partial charge in [0.05, 0.1) is 14.1 Å². The molecule has 0 amide bonds. The Hall–Kier alpha value is -1.31. The van der Waals surface area contributed by atoms with Gasteiger partial charge in [-0.25, -0.2) is 0 Å². The predicted molar refractivity (Wildman–Crippen MR) is 75.7 cm³/mol. The average Bonchev–Trinajstić information content (AvgIpc) is 2.29. The zero-order chi connectivity index (χ0) is 12.5. The van der Waals surface area contributed by atoms with Gasteiger partial charge in [0, 0.05) is 11.1 Å². The normalized spacial score (nSPS) is 10.9. The fourth-order valence-corrected chi connectivity index (χ4v) is 2.51. The van der Waals surface area contributed by atoms with E-state index in [1.165, 1.54) is 22.5 Å². The lowest BCUT2D eigenvalue weighted by Crippen LogP contribution is -3.00. The molecule has 0 heterocycles. The van der Waals surface area contributed by atoms with Gasteiger partial charge in [-0.1, -0.05) is 36.4 Å². The van der Waals surface area contributed by atoms with Gasteiger partial charge < -0.3 is 12.4 Å². The Balaban J connectivity index is 0.00000162. The highest BCUT2D eigenvalue weighted by Crippen LogP contribution is 2.34. The van der Waals surface area contributed by atoms with Crippen molar-refractivity contribution < 1.29 is 12.4 Å². The van der Waals surface area contributed by atoms with Crippen molar-refractivity contribution in [2.24, 2.45) is 0 Å². The van der Waals surface area contributed by atoms with E-state index in [-0.39, 0.29) is 12.4 Å². The van der Waals surface area contributed by atoms with E-state index < -0.39 is 0 Å². The minimum atomic E-state index is 0. The zero-order valence-corrected chi connectivity index (χ0v) is 12.2. The molecule has 0 N–H and O–H groups in total. The molecule has 0 saturated carbocycles. The number of nitrogens with zero attached hydrogens (tertiary/aromatic N) is 1. The molecule has 0 fully saturated rings. The van der Waals surface area contributed by atoms with Crippen LogP contribution in [0.1, 0.15) is 11.1 Å². The topological polar surface area (TPSA) is 0 Å². The lowest BCUT2D eigenvalue weighted by Gasteiger charge is -2.31. The minimum Gasteiger partial charge on any atom is -1.00 e.